The van der Waals surface area contributed by atoms with E-state index in [1.54, 1.807) is 0 Å². The number of carbonyl (C=O) groups excluding carboxylic acids is 2. The fourth-order valence-electron chi connectivity index (χ4n) is 1.02. The second kappa shape index (κ2) is 8.57. The Morgan fingerprint density at radius 3 is 1.40 bits per heavy atom. The van der Waals surface area contributed by atoms with Crippen LogP contribution in [0, 0.1) is 0 Å². The normalized spacial score (nSPS) is 11.9. The van der Waals surface area contributed by atoms with Gasteiger partial charge in [-0.05, 0) is 39.3 Å². The second-order valence-electron chi connectivity index (χ2n) is 6.00. The van der Waals surface area contributed by atoms with E-state index in [0.29, 0.717) is 3.53 Å². The van der Waals surface area contributed by atoms with Gasteiger partial charge in [0.2, 0.25) is 16.6 Å². The van der Waals surface area contributed by atoms with Crippen molar-refractivity contribution in [2.24, 2.45) is 0 Å². The first-order valence-corrected chi connectivity index (χ1v) is 15.3. The highest BCUT2D eigenvalue weighted by molar-refractivity contribution is 8.47. The van der Waals surface area contributed by atoms with Crippen molar-refractivity contribution in [1.82, 2.24) is 0 Å². The van der Waals surface area contributed by atoms with Gasteiger partial charge in [0, 0.05) is 0 Å². The number of hydrogen-bond acceptors (Lipinski definition) is 7. The number of hydrogen-bond donors (Lipinski definition) is 0. The van der Waals surface area contributed by atoms with Crippen molar-refractivity contribution >= 4 is 67.8 Å². The lowest BCUT2D eigenvalue weighted by Crippen LogP contribution is -2.30. The third kappa shape index (κ3) is 13.2. The summed E-state index contributed by atoms with van der Waals surface area (Å²) >= 11 is 7.57. The molecule has 0 amide bonds. The van der Waals surface area contributed by atoms with E-state index in [1.165, 1.54) is 23.5 Å². The predicted molar refractivity (Wildman–Crippen MR) is 96.4 cm³/mol. The van der Waals surface area contributed by atoms with E-state index in [1.807, 2.05) is 39.3 Å². The zero-order chi connectivity index (χ0) is 16.0. The summed E-state index contributed by atoms with van der Waals surface area (Å²) in [6.07, 6.45) is 0. The molecule has 4 nitrogen and oxygen atoms in total. The van der Waals surface area contributed by atoms with Crippen LogP contribution in [0.4, 0.5) is 0 Å². The maximum Gasteiger partial charge on any atom is 0.303 e. The van der Waals surface area contributed by atoms with E-state index in [2.05, 4.69) is 0 Å². The topological polar surface area (TPSA) is 52.6 Å². The first kappa shape index (κ1) is 20.2. The number of thioether (sulfide) groups is 2. The quantitative estimate of drug-likeness (QED) is 0.524. The Morgan fingerprint density at radius 2 is 1.15 bits per heavy atom. The van der Waals surface area contributed by atoms with Crippen molar-refractivity contribution < 1.29 is 18.4 Å². The van der Waals surface area contributed by atoms with Crippen molar-refractivity contribution in [2.75, 3.05) is 11.5 Å². The van der Waals surface area contributed by atoms with Crippen LogP contribution >= 0.6 is 35.7 Å². The second-order valence-corrected chi connectivity index (χ2v) is 18.0. The summed E-state index contributed by atoms with van der Waals surface area (Å²) < 4.78 is 11.2. The minimum absolute atomic E-state index is 0.194. The molecule has 0 spiro atoms. The zero-order valence-corrected chi connectivity index (χ0v) is 17.2. The number of carbonyl (C=O) groups is 2. The van der Waals surface area contributed by atoms with Crippen molar-refractivity contribution in [3.63, 3.8) is 0 Å². The average Bonchev–Trinajstić information content (AvgIpc) is 2.18. The maximum absolute atomic E-state index is 11.5. The van der Waals surface area contributed by atoms with Gasteiger partial charge in [-0.15, -0.1) is 0 Å². The average molecular weight is 371 g/mol. The Kier molecular flexibility index (Phi) is 8.64. The van der Waals surface area contributed by atoms with Gasteiger partial charge in [0.25, 0.3) is 0 Å². The Morgan fingerprint density at radius 1 is 0.850 bits per heavy atom. The first-order valence-electron chi connectivity index (χ1n) is 6.12. The molecule has 0 aromatic rings. The van der Waals surface area contributed by atoms with Crippen molar-refractivity contribution in [3.05, 3.63) is 0 Å². The lowest BCUT2D eigenvalue weighted by molar-refractivity contribution is -0.133. The molecule has 0 aromatic heterocycles. The molecule has 20 heavy (non-hydrogen) atoms. The van der Waals surface area contributed by atoms with Crippen LogP contribution in [0.1, 0.15) is 0 Å². The maximum atomic E-state index is 11.5. The summed E-state index contributed by atoms with van der Waals surface area (Å²) in [7, 11) is -3.68. The summed E-state index contributed by atoms with van der Waals surface area (Å²) in [6, 6.07) is 0. The summed E-state index contributed by atoms with van der Waals surface area (Å²) in [5, 5.41) is 0. The summed E-state index contributed by atoms with van der Waals surface area (Å²) in [4.78, 5) is 23.1. The molecule has 0 heterocycles. The third-order valence-corrected chi connectivity index (χ3v) is 5.78. The molecular formula is C11H22O4S3Si2. The molecule has 0 aliphatic rings. The first-order chi connectivity index (χ1) is 8.89. The Bertz CT molecular complexity index is 341. The van der Waals surface area contributed by atoms with Crippen LogP contribution in [-0.4, -0.2) is 43.6 Å². The van der Waals surface area contributed by atoms with Crippen LogP contribution in [0.25, 0.3) is 0 Å². The number of rotatable bonds is 6. The van der Waals surface area contributed by atoms with Crippen molar-refractivity contribution in [2.45, 2.75) is 39.3 Å². The lowest BCUT2D eigenvalue weighted by atomic mass is 10.8. The standard InChI is InChI=1S/C11H22O4S3Si2/c1-19(2,3)14-9(12)7-17-11(16)18-8-10(13)15-20(4,5)6/h7-8H2,1-6H3. The Hall–Kier alpha value is 0.164. The molecule has 0 atom stereocenters. The molecule has 0 N–H and O–H groups in total. The van der Waals surface area contributed by atoms with Gasteiger partial charge in [-0.25, -0.2) is 0 Å². The van der Waals surface area contributed by atoms with Gasteiger partial charge in [0.05, 0.1) is 11.5 Å². The van der Waals surface area contributed by atoms with Crippen molar-refractivity contribution in [3.8, 4) is 0 Å². The van der Waals surface area contributed by atoms with Crippen LogP contribution < -0.4 is 0 Å². The predicted octanol–water partition coefficient (Wildman–Crippen LogP) is 3.49. The van der Waals surface area contributed by atoms with E-state index >= 15 is 0 Å². The van der Waals surface area contributed by atoms with Crippen LogP contribution in [0.3, 0.4) is 0 Å². The van der Waals surface area contributed by atoms with Crippen LogP contribution in [0.2, 0.25) is 39.3 Å². The molecule has 0 rings (SSSR count). The van der Waals surface area contributed by atoms with Gasteiger partial charge < -0.3 is 8.85 Å². The zero-order valence-electron chi connectivity index (χ0n) is 12.8. The van der Waals surface area contributed by atoms with Crippen LogP contribution in [0.5, 0.6) is 0 Å². The SMILES string of the molecule is C[Si](C)(C)OC(=O)CSC(=S)SCC(=O)O[Si](C)(C)C. The Balaban J connectivity index is 3.91. The molecule has 0 aliphatic heterocycles. The minimum Gasteiger partial charge on any atom is -0.519 e. The highest BCUT2D eigenvalue weighted by Gasteiger charge is 2.21. The molecule has 0 aliphatic carbocycles. The monoisotopic (exact) mass is 370 g/mol. The fourth-order valence-corrected chi connectivity index (χ4v) is 4.37. The third-order valence-electron chi connectivity index (χ3n) is 1.46. The molecule has 0 saturated heterocycles. The molecule has 9 heteroatoms. The Labute approximate surface area is 137 Å². The van der Waals surface area contributed by atoms with Gasteiger partial charge in [0.15, 0.2) is 0 Å². The smallest absolute Gasteiger partial charge is 0.303 e. The van der Waals surface area contributed by atoms with Crippen LogP contribution in [0.15, 0.2) is 0 Å². The molecule has 0 unspecified atom stereocenters. The number of thiocarbonyl (C=S) groups is 1. The highest BCUT2D eigenvalue weighted by atomic mass is 32.2. The lowest BCUT2D eigenvalue weighted by Gasteiger charge is -2.17. The highest BCUT2D eigenvalue weighted by Crippen LogP contribution is 2.19. The van der Waals surface area contributed by atoms with Gasteiger partial charge in [-0.2, -0.15) is 0 Å². The van der Waals surface area contributed by atoms with Gasteiger partial charge in [-0.1, -0.05) is 35.7 Å². The van der Waals surface area contributed by atoms with Gasteiger partial charge in [-0.3, -0.25) is 9.59 Å². The molecule has 0 saturated carbocycles. The molecule has 0 fully saturated rings. The fraction of sp³-hybridized carbons (Fsp3) is 0.727. The van der Waals surface area contributed by atoms with E-state index in [9.17, 15) is 9.59 Å². The molecule has 0 bridgehead atoms. The largest absolute Gasteiger partial charge is 0.519 e. The minimum atomic E-state index is -1.84. The summed E-state index contributed by atoms with van der Waals surface area (Å²) in [6.45, 7) is 11.7. The van der Waals surface area contributed by atoms with E-state index in [4.69, 9.17) is 21.1 Å². The van der Waals surface area contributed by atoms with Gasteiger partial charge in [0.1, 0.15) is 3.53 Å². The van der Waals surface area contributed by atoms with E-state index < -0.39 is 16.6 Å². The molecule has 0 aromatic carbocycles. The molecular weight excluding hydrogens is 348 g/mol. The summed E-state index contributed by atoms with van der Waals surface area (Å²) in [5.74, 6) is -0.109. The van der Waals surface area contributed by atoms with E-state index in [0.717, 1.165) is 0 Å². The molecule has 0 radical (unpaired) electrons. The van der Waals surface area contributed by atoms with Crippen molar-refractivity contribution in [1.29, 1.82) is 0 Å². The van der Waals surface area contributed by atoms with E-state index in [-0.39, 0.29) is 23.4 Å². The summed E-state index contributed by atoms with van der Waals surface area (Å²) in [5.41, 5.74) is 0. The van der Waals surface area contributed by atoms with Crippen LogP contribution in [-0.2, 0) is 18.4 Å². The van der Waals surface area contributed by atoms with Gasteiger partial charge >= 0.3 is 11.9 Å². The molecule has 116 valence electrons.